The first kappa shape index (κ1) is 17.6. The maximum Gasteiger partial charge on any atom is 0.127 e. The summed E-state index contributed by atoms with van der Waals surface area (Å²) in [6.07, 6.45) is 0. The second-order valence-corrected chi connectivity index (χ2v) is 7.84. The second-order valence-electron chi connectivity index (χ2n) is 5.89. The molecule has 0 saturated heterocycles. The predicted octanol–water partition coefficient (Wildman–Crippen LogP) is 6.68. The van der Waals surface area contributed by atoms with Crippen molar-refractivity contribution in [2.75, 3.05) is 12.0 Å². The quantitative estimate of drug-likeness (QED) is 0.491. The van der Waals surface area contributed by atoms with Crippen molar-refractivity contribution in [2.45, 2.75) is 11.4 Å². The number of para-hydroxylation sites is 1. The number of anilines is 1. The van der Waals surface area contributed by atoms with Gasteiger partial charge in [-0.2, -0.15) is 0 Å². The van der Waals surface area contributed by atoms with Crippen molar-refractivity contribution in [3.63, 3.8) is 0 Å². The third kappa shape index (κ3) is 4.10. The van der Waals surface area contributed by atoms with Gasteiger partial charge in [-0.25, -0.2) is 4.31 Å². The zero-order valence-corrected chi connectivity index (χ0v) is 16.1. The van der Waals surface area contributed by atoms with Crippen LogP contribution in [0, 0.1) is 0 Å². The van der Waals surface area contributed by atoms with Crippen LogP contribution in [0.25, 0.3) is 0 Å². The van der Waals surface area contributed by atoms with E-state index < -0.39 is 0 Å². The standard InChI is InChI=1S/C20H16Cl2N2OS/c21-15-10-18(22)20-19(11-15)23-13-24(26-20)12-14-6-8-17(9-7-14)25-16-4-2-1-3-5-16/h1-11,23H,12-13H2. The molecule has 3 aromatic rings. The van der Waals surface area contributed by atoms with E-state index in [1.807, 2.05) is 48.5 Å². The number of hydrogen-bond donors (Lipinski definition) is 1. The molecule has 0 saturated carbocycles. The minimum atomic E-state index is 0.643. The van der Waals surface area contributed by atoms with Gasteiger partial charge in [0.2, 0.25) is 0 Å². The first-order chi connectivity index (χ1) is 12.7. The summed E-state index contributed by atoms with van der Waals surface area (Å²) in [4.78, 5) is 1.01. The van der Waals surface area contributed by atoms with Crippen molar-refractivity contribution in [1.29, 1.82) is 0 Å². The summed E-state index contributed by atoms with van der Waals surface area (Å²) in [5.74, 6) is 1.66. The Kier molecular flexibility index (Phi) is 5.27. The fourth-order valence-electron chi connectivity index (χ4n) is 2.70. The topological polar surface area (TPSA) is 24.5 Å². The third-order valence-electron chi connectivity index (χ3n) is 3.94. The van der Waals surface area contributed by atoms with Crippen molar-refractivity contribution in [3.05, 3.63) is 82.3 Å². The zero-order valence-electron chi connectivity index (χ0n) is 13.8. The largest absolute Gasteiger partial charge is 0.457 e. The highest BCUT2D eigenvalue weighted by atomic mass is 35.5. The Hall–Kier alpha value is -1.85. The van der Waals surface area contributed by atoms with Gasteiger partial charge in [-0.05, 0) is 53.9 Å². The van der Waals surface area contributed by atoms with Crippen molar-refractivity contribution in [1.82, 2.24) is 4.31 Å². The normalized spacial score (nSPS) is 13.8. The Morgan fingerprint density at radius 2 is 1.69 bits per heavy atom. The first-order valence-electron chi connectivity index (χ1n) is 8.15. The molecule has 1 aliphatic heterocycles. The Bertz CT molecular complexity index is 904. The molecule has 0 bridgehead atoms. The fourth-order valence-corrected chi connectivity index (χ4v) is 4.27. The van der Waals surface area contributed by atoms with Crippen LogP contribution in [-0.2, 0) is 6.54 Å². The van der Waals surface area contributed by atoms with Crippen LogP contribution in [0.2, 0.25) is 10.0 Å². The van der Waals surface area contributed by atoms with Gasteiger partial charge in [0.1, 0.15) is 11.5 Å². The number of nitrogens with one attached hydrogen (secondary N) is 1. The van der Waals surface area contributed by atoms with Crippen LogP contribution in [0.4, 0.5) is 5.69 Å². The van der Waals surface area contributed by atoms with E-state index in [1.54, 1.807) is 18.0 Å². The molecule has 0 amide bonds. The lowest BCUT2D eigenvalue weighted by Gasteiger charge is -2.29. The van der Waals surface area contributed by atoms with E-state index >= 15 is 0 Å². The molecule has 1 aliphatic rings. The van der Waals surface area contributed by atoms with E-state index in [4.69, 9.17) is 27.9 Å². The second kappa shape index (κ2) is 7.80. The van der Waals surface area contributed by atoms with Crippen LogP contribution in [0.5, 0.6) is 11.5 Å². The van der Waals surface area contributed by atoms with Gasteiger partial charge < -0.3 is 10.1 Å². The van der Waals surface area contributed by atoms with Crippen LogP contribution in [-0.4, -0.2) is 11.0 Å². The molecule has 6 heteroatoms. The molecule has 4 rings (SSSR count). The zero-order chi connectivity index (χ0) is 17.9. The molecule has 0 unspecified atom stereocenters. The average Bonchev–Trinajstić information content (AvgIpc) is 2.65. The fraction of sp³-hybridized carbons (Fsp3) is 0.100. The molecule has 0 aromatic heterocycles. The van der Waals surface area contributed by atoms with Crippen molar-refractivity contribution < 1.29 is 4.74 Å². The minimum Gasteiger partial charge on any atom is -0.457 e. The van der Waals surface area contributed by atoms with Gasteiger partial charge in [-0.1, -0.05) is 53.5 Å². The highest BCUT2D eigenvalue weighted by Crippen LogP contribution is 2.41. The number of hydrogen-bond acceptors (Lipinski definition) is 4. The van der Waals surface area contributed by atoms with Crippen LogP contribution < -0.4 is 10.1 Å². The number of fused-ring (bicyclic) bond motifs is 1. The summed E-state index contributed by atoms with van der Waals surface area (Å²) >= 11 is 14.0. The van der Waals surface area contributed by atoms with Crippen LogP contribution in [0.1, 0.15) is 5.56 Å². The summed E-state index contributed by atoms with van der Waals surface area (Å²) in [5.41, 5.74) is 2.18. The van der Waals surface area contributed by atoms with Gasteiger partial charge in [0.15, 0.2) is 0 Å². The molecule has 0 aliphatic carbocycles. The van der Waals surface area contributed by atoms with Crippen LogP contribution in [0.15, 0.2) is 71.6 Å². The lowest BCUT2D eigenvalue weighted by molar-refractivity contribution is 0.478. The molecule has 132 valence electrons. The smallest absolute Gasteiger partial charge is 0.127 e. The maximum absolute atomic E-state index is 6.33. The molecule has 1 N–H and O–H groups in total. The highest BCUT2D eigenvalue weighted by molar-refractivity contribution is 7.97. The van der Waals surface area contributed by atoms with Gasteiger partial charge in [0.25, 0.3) is 0 Å². The van der Waals surface area contributed by atoms with Gasteiger partial charge in [-0.15, -0.1) is 0 Å². The monoisotopic (exact) mass is 402 g/mol. The predicted molar refractivity (Wildman–Crippen MR) is 109 cm³/mol. The molecule has 0 radical (unpaired) electrons. The van der Waals surface area contributed by atoms with E-state index in [9.17, 15) is 0 Å². The van der Waals surface area contributed by atoms with Gasteiger partial charge in [0.05, 0.1) is 22.3 Å². The molecule has 0 spiro atoms. The maximum atomic E-state index is 6.33. The van der Waals surface area contributed by atoms with E-state index in [1.165, 1.54) is 5.56 Å². The molecular weight excluding hydrogens is 387 g/mol. The van der Waals surface area contributed by atoms with Crippen LogP contribution in [0.3, 0.4) is 0 Å². The highest BCUT2D eigenvalue weighted by Gasteiger charge is 2.20. The summed E-state index contributed by atoms with van der Waals surface area (Å²) in [6.45, 7) is 1.51. The first-order valence-corrected chi connectivity index (χ1v) is 9.68. The molecule has 0 atom stereocenters. The van der Waals surface area contributed by atoms with Gasteiger partial charge >= 0.3 is 0 Å². The van der Waals surface area contributed by atoms with Crippen molar-refractivity contribution >= 4 is 40.8 Å². The van der Waals surface area contributed by atoms with Crippen LogP contribution >= 0.6 is 35.1 Å². The van der Waals surface area contributed by atoms with Gasteiger partial charge in [0, 0.05) is 11.6 Å². The third-order valence-corrected chi connectivity index (χ3v) is 5.70. The summed E-state index contributed by atoms with van der Waals surface area (Å²) in [6, 6.07) is 21.6. The number of rotatable bonds is 4. The average molecular weight is 403 g/mol. The Morgan fingerprint density at radius 3 is 2.46 bits per heavy atom. The Balaban J connectivity index is 1.42. The van der Waals surface area contributed by atoms with E-state index in [-0.39, 0.29) is 0 Å². The van der Waals surface area contributed by atoms with E-state index in [0.29, 0.717) is 10.0 Å². The van der Waals surface area contributed by atoms with Crippen molar-refractivity contribution in [3.8, 4) is 11.5 Å². The SMILES string of the molecule is Clc1cc(Cl)c2c(c1)NCN(Cc1ccc(Oc3ccccc3)cc1)S2. The van der Waals surface area contributed by atoms with Gasteiger partial charge in [-0.3, -0.25) is 0 Å². The van der Waals surface area contributed by atoms with E-state index in [0.717, 1.165) is 35.3 Å². The lowest BCUT2D eigenvalue weighted by Crippen LogP contribution is -2.26. The molecule has 26 heavy (non-hydrogen) atoms. The van der Waals surface area contributed by atoms with Crippen molar-refractivity contribution in [2.24, 2.45) is 0 Å². The number of ether oxygens (including phenoxy) is 1. The summed E-state index contributed by atoms with van der Waals surface area (Å²) in [5, 5.41) is 4.68. The molecule has 3 aromatic carbocycles. The molecule has 1 heterocycles. The summed E-state index contributed by atoms with van der Waals surface area (Å²) < 4.78 is 8.05. The minimum absolute atomic E-state index is 0.643. The Labute approximate surface area is 167 Å². The molecule has 3 nitrogen and oxygen atoms in total. The Morgan fingerprint density at radius 1 is 0.962 bits per heavy atom. The molecular formula is C20H16Cl2N2OS. The number of halogens is 2. The number of benzene rings is 3. The van der Waals surface area contributed by atoms with E-state index in [2.05, 4.69) is 21.8 Å². The lowest BCUT2D eigenvalue weighted by atomic mass is 10.2. The summed E-state index contributed by atoms with van der Waals surface area (Å²) in [7, 11) is 0. The number of nitrogens with zero attached hydrogens (tertiary/aromatic N) is 1. The molecule has 0 fully saturated rings.